The van der Waals surface area contributed by atoms with Crippen molar-refractivity contribution in [1.82, 2.24) is 4.98 Å². The number of nitrogens with zero attached hydrogens (tertiary/aromatic N) is 1. The van der Waals surface area contributed by atoms with Crippen LogP contribution in [0.3, 0.4) is 0 Å². The zero-order valence-electron chi connectivity index (χ0n) is 9.60. The first-order valence-corrected chi connectivity index (χ1v) is 5.36. The Kier molecular flexibility index (Phi) is 3.20. The van der Waals surface area contributed by atoms with E-state index in [1.54, 1.807) is 0 Å². The average Bonchev–Trinajstić information content (AvgIpc) is 2.32. The molecule has 2 aromatic rings. The molecule has 1 aromatic heterocycles. The predicted octanol–water partition coefficient (Wildman–Crippen LogP) is 3.28. The first kappa shape index (κ1) is 10.7. The van der Waals surface area contributed by atoms with E-state index in [0.717, 1.165) is 22.7 Å². The minimum Gasteiger partial charge on any atom is -0.473 e. The molecule has 16 heavy (non-hydrogen) atoms. The van der Waals surface area contributed by atoms with Crippen molar-refractivity contribution in [2.24, 2.45) is 0 Å². The molecule has 0 saturated heterocycles. The van der Waals surface area contributed by atoms with E-state index in [2.05, 4.69) is 4.98 Å². The Morgan fingerprint density at radius 2 is 1.75 bits per heavy atom. The van der Waals surface area contributed by atoms with Gasteiger partial charge in [-0.15, -0.1) is 0 Å². The molecule has 0 radical (unpaired) electrons. The first-order valence-electron chi connectivity index (χ1n) is 5.36. The van der Waals surface area contributed by atoms with Gasteiger partial charge in [-0.05, 0) is 25.5 Å². The molecule has 82 valence electrons. The molecular weight excluding hydrogens is 198 g/mol. The SMILES string of the molecule is Cc1ccc(C)c(OCc2ccccc2)n1. The molecule has 0 unspecified atom stereocenters. The molecule has 0 fully saturated rings. The van der Waals surface area contributed by atoms with Gasteiger partial charge in [0.2, 0.25) is 5.88 Å². The molecule has 0 aliphatic rings. The molecule has 0 bridgehead atoms. The molecule has 0 amide bonds. The molecule has 0 saturated carbocycles. The van der Waals surface area contributed by atoms with Crippen molar-refractivity contribution in [3.63, 3.8) is 0 Å². The second kappa shape index (κ2) is 4.79. The summed E-state index contributed by atoms with van der Waals surface area (Å²) in [6.07, 6.45) is 0. The highest BCUT2D eigenvalue weighted by molar-refractivity contribution is 5.26. The van der Waals surface area contributed by atoms with Crippen LogP contribution in [0.15, 0.2) is 42.5 Å². The minimum atomic E-state index is 0.568. The second-order valence-corrected chi connectivity index (χ2v) is 3.85. The standard InChI is InChI=1S/C14H15NO/c1-11-8-9-12(2)15-14(11)16-10-13-6-4-3-5-7-13/h3-9H,10H2,1-2H3. The quantitative estimate of drug-likeness (QED) is 0.780. The van der Waals surface area contributed by atoms with Gasteiger partial charge in [-0.2, -0.15) is 0 Å². The fourth-order valence-electron chi connectivity index (χ4n) is 1.47. The Morgan fingerprint density at radius 3 is 2.50 bits per heavy atom. The molecule has 0 atom stereocenters. The molecule has 2 heteroatoms. The molecule has 0 aliphatic carbocycles. The summed E-state index contributed by atoms with van der Waals surface area (Å²) in [4.78, 5) is 4.37. The lowest BCUT2D eigenvalue weighted by Crippen LogP contribution is -1.99. The fraction of sp³-hybridized carbons (Fsp3) is 0.214. The van der Waals surface area contributed by atoms with E-state index in [1.165, 1.54) is 0 Å². The van der Waals surface area contributed by atoms with Gasteiger partial charge in [0, 0.05) is 11.3 Å². The summed E-state index contributed by atoms with van der Waals surface area (Å²) in [6.45, 7) is 4.54. The number of hydrogen-bond acceptors (Lipinski definition) is 2. The Bertz CT molecular complexity index is 465. The van der Waals surface area contributed by atoms with Crippen LogP contribution in [-0.2, 0) is 6.61 Å². The summed E-state index contributed by atoms with van der Waals surface area (Å²) in [7, 11) is 0. The van der Waals surface area contributed by atoms with Crippen LogP contribution in [0.25, 0.3) is 0 Å². The normalized spacial score (nSPS) is 10.1. The third kappa shape index (κ3) is 2.60. The lowest BCUT2D eigenvalue weighted by Gasteiger charge is -2.08. The fourth-order valence-corrected chi connectivity index (χ4v) is 1.47. The summed E-state index contributed by atoms with van der Waals surface area (Å²) in [5.74, 6) is 0.726. The van der Waals surface area contributed by atoms with Crippen molar-refractivity contribution in [3.05, 3.63) is 59.3 Å². The number of hydrogen-bond donors (Lipinski definition) is 0. The van der Waals surface area contributed by atoms with Gasteiger partial charge in [0.05, 0.1) is 0 Å². The maximum Gasteiger partial charge on any atom is 0.216 e. The van der Waals surface area contributed by atoms with Crippen LogP contribution in [0.5, 0.6) is 5.88 Å². The van der Waals surface area contributed by atoms with Crippen LogP contribution in [0, 0.1) is 13.8 Å². The van der Waals surface area contributed by atoms with Crippen LogP contribution < -0.4 is 4.74 Å². The van der Waals surface area contributed by atoms with Crippen molar-refractivity contribution in [1.29, 1.82) is 0 Å². The molecular formula is C14H15NO. The van der Waals surface area contributed by atoms with E-state index in [4.69, 9.17) is 4.74 Å². The van der Waals surface area contributed by atoms with Crippen molar-refractivity contribution < 1.29 is 4.74 Å². The zero-order valence-corrected chi connectivity index (χ0v) is 9.60. The number of rotatable bonds is 3. The first-order chi connectivity index (χ1) is 7.75. The number of aromatic nitrogens is 1. The highest BCUT2D eigenvalue weighted by atomic mass is 16.5. The minimum absolute atomic E-state index is 0.568. The lowest BCUT2D eigenvalue weighted by molar-refractivity contribution is 0.291. The second-order valence-electron chi connectivity index (χ2n) is 3.85. The topological polar surface area (TPSA) is 22.1 Å². The summed E-state index contributed by atoms with van der Waals surface area (Å²) >= 11 is 0. The van der Waals surface area contributed by atoms with E-state index in [-0.39, 0.29) is 0 Å². The van der Waals surface area contributed by atoms with Gasteiger partial charge < -0.3 is 4.74 Å². The monoisotopic (exact) mass is 213 g/mol. The van der Waals surface area contributed by atoms with Crippen LogP contribution in [0.4, 0.5) is 0 Å². The molecule has 0 spiro atoms. The van der Waals surface area contributed by atoms with E-state index in [0.29, 0.717) is 6.61 Å². The predicted molar refractivity (Wildman–Crippen MR) is 64.5 cm³/mol. The maximum absolute atomic E-state index is 5.69. The van der Waals surface area contributed by atoms with Crippen molar-refractivity contribution >= 4 is 0 Å². The van der Waals surface area contributed by atoms with Gasteiger partial charge >= 0.3 is 0 Å². The molecule has 1 heterocycles. The summed E-state index contributed by atoms with van der Waals surface area (Å²) in [5, 5.41) is 0. The van der Waals surface area contributed by atoms with Crippen molar-refractivity contribution in [2.75, 3.05) is 0 Å². The van der Waals surface area contributed by atoms with Crippen LogP contribution >= 0.6 is 0 Å². The highest BCUT2D eigenvalue weighted by Gasteiger charge is 2.01. The smallest absolute Gasteiger partial charge is 0.216 e. The van der Waals surface area contributed by atoms with Crippen molar-refractivity contribution in [3.8, 4) is 5.88 Å². The van der Waals surface area contributed by atoms with Gasteiger partial charge in [-0.25, -0.2) is 4.98 Å². The Balaban J connectivity index is 2.08. The molecule has 0 N–H and O–H groups in total. The van der Waals surface area contributed by atoms with Gasteiger partial charge in [0.15, 0.2) is 0 Å². The van der Waals surface area contributed by atoms with E-state index in [9.17, 15) is 0 Å². The number of pyridine rings is 1. The molecule has 2 nitrogen and oxygen atoms in total. The van der Waals surface area contributed by atoms with Crippen LogP contribution in [0.2, 0.25) is 0 Å². The average molecular weight is 213 g/mol. The Morgan fingerprint density at radius 1 is 1.00 bits per heavy atom. The Hall–Kier alpha value is -1.83. The summed E-state index contributed by atoms with van der Waals surface area (Å²) in [5.41, 5.74) is 3.21. The summed E-state index contributed by atoms with van der Waals surface area (Å²) < 4.78 is 5.69. The Labute approximate surface area is 95.9 Å². The van der Waals surface area contributed by atoms with Gasteiger partial charge in [0.25, 0.3) is 0 Å². The number of aryl methyl sites for hydroxylation is 2. The van der Waals surface area contributed by atoms with E-state index in [1.807, 2.05) is 56.3 Å². The third-order valence-corrected chi connectivity index (χ3v) is 2.41. The number of ether oxygens (including phenoxy) is 1. The third-order valence-electron chi connectivity index (χ3n) is 2.41. The molecule has 1 aromatic carbocycles. The van der Waals surface area contributed by atoms with Gasteiger partial charge in [-0.3, -0.25) is 0 Å². The molecule has 0 aliphatic heterocycles. The zero-order chi connectivity index (χ0) is 11.4. The van der Waals surface area contributed by atoms with Crippen molar-refractivity contribution in [2.45, 2.75) is 20.5 Å². The summed E-state index contributed by atoms with van der Waals surface area (Å²) in [6, 6.07) is 14.1. The van der Waals surface area contributed by atoms with Crippen LogP contribution in [0.1, 0.15) is 16.8 Å². The maximum atomic E-state index is 5.69. The van der Waals surface area contributed by atoms with Gasteiger partial charge in [0.1, 0.15) is 6.61 Å². The van der Waals surface area contributed by atoms with Gasteiger partial charge in [-0.1, -0.05) is 36.4 Å². The molecule has 2 rings (SSSR count). The number of benzene rings is 1. The van der Waals surface area contributed by atoms with E-state index >= 15 is 0 Å². The lowest BCUT2D eigenvalue weighted by atomic mass is 10.2. The van der Waals surface area contributed by atoms with Crippen LogP contribution in [-0.4, -0.2) is 4.98 Å². The largest absolute Gasteiger partial charge is 0.473 e. The van der Waals surface area contributed by atoms with E-state index < -0.39 is 0 Å². The highest BCUT2D eigenvalue weighted by Crippen LogP contribution is 2.16.